The second-order valence-electron chi connectivity index (χ2n) is 3.89. The fraction of sp³-hybridized carbons (Fsp3) is 0.154. The summed E-state index contributed by atoms with van der Waals surface area (Å²) < 4.78 is 14.2. The van der Waals surface area contributed by atoms with E-state index >= 15 is 0 Å². The summed E-state index contributed by atoms with van der Waals surface area (Å²) in [7, 11) is 0. The van der Waals surface area contributed by atoms with E-state index in [1.165, 1.54) is 6.07 Å². The minimum absolute atomic E-state index is 0.125. The van der Waals surface area contributed by atoms with Gasteiger partial charge in [0.15, 0.2) is 0 Å². The van der Waals surface area contributed by atoms with Gasteiger partial charge in [-0.25, -0.2) is 4.39 Å². The van der Waals surface area contributed by atoms with Crippen molar-refractivity contribution in [1.82, 2.24) is 4.98 Å². The molecular formula is C13H11BrClFN2. The number of nitrogens with two attached hydrogens (primary N) is 1. The molecule has 1 atom stereocenters. The molecular weight excluding hydrogens is 319 g/mol. The van der Waals surface area contributed by atoms with Gasteiger partial charge in [-0.1, -0.05) is 23.7 Å². The molecule has 0 saturated carbocycles. The lowest BCUT2D eigenvalue weighted by atomic mass is 10.0. The number of nitrogens with zero attached hydrogens (tertiary/aromatic N) is 1. The van der Waals surface area contributed by atoms with E-state index in [0.717, 1.165) is 10.2 Å². The first-order valence-corrected chi connectivity index (χ1v) is 6.55. The van der Waals surface area contributed by atoms with Crippen LogP contribution in [0.2, 0.25) is 5.02 Å². The van der Waals surface area contributed by atoms with Crippen molar-refractivity contribution < 1.29 is 4.39 Å². The van der Waals surface area contributed by atoms with Gasteiger partial charge in [-0.3, -0.25) is 4.98 Å². The van der Waals surface area contributed by atoms with E-state index in [-0.39, 0.29) is 11.1 Å². The summed E-state index contributed by atoms with van der Waals surface area (Å²) in [6.45, 7) is 0. The number of aromatic nitrogens is 1. The van der Waals surface area contributed by atoms with Crippen molar-refractivity contribution in [3.05, 3.63) is 63.1 Å². The zero-order valence-electron chi connectivity index (χ0n) is 9.41. The van der Waals surface area contributed by atoms with Crippen molar-refractivity contribution in [2.24, 2.45) is 5.73 Å². The van der Waals surface area contributed by atoms with Gasteiger partial charge in [0.2, 0.25) is 0 Å². The predicted molar refractivity (Wildman–Crippen MR) is 74.0 cm³/mol. The molecule has 2 nitrogen and oxygen atoms in total. The minimum atomic E-state index is -0.429. The monoisotopic (exact) mass is 328 g/mol. The van der Waals surface area contributed by atoms with Crippen LogP contribution in [0.4, 0.5) is 4.39 Å². The van der Waals surface area contributed by atoms with Gasteiger partial charge in [-0.05, 0) is 46.1 Å². The molecule has 5 heteroatoms. The van der Waals surface area contributed by atoms with E-state index in [4.69, 9.17) is 17.3 Å². The lowest BCUT2D eigenvalue weighted by Crippen LogP contribution is -2.15. The SMILES string of the molecule is NC(Cc1cccc(F)c1Cl)c1ncccc1Br. The summed E-state index contributed by atoms with van der Waals surface area (Å²) in [4.78, 5) is 4.22. The Hall–Kier alpha value is -0.970. The molecule has 0 aliphatic rings. The normalized spacial score (nSPS) is 12.4. The minimum Gasteiger partial charge on any atom is -0.322 e. The largest absolute Gasteiger partial charge is 0.322 e. The van der Waals surface area contributed by atoms with Gasteiger partial charge in [0.05, 0.1) is 16.8 Å². The first kappa shape index (κ1) is 13.5. The molecule has 0 aliphatic heterocycles. The summed E-state index contributed by atoms with van der Waals surface area (Å²) in [5.41, 5.74) is 7.49. The van der Waals surface area contributed by atoms with Gasteiger partial charge in [0.1, 0.15) is 5.82 Å². The van der Waals surface area contributed by atoms with Gasteiger partial charge in [-0.2, -0.15) is 0 Å². The molecule has 2 rings (SSSR count). The van der Waals surface area contributed by atoms with Crippen LogP contribution in [-0.4, -0.2) is 4.98 Å². The summed E-state index contributed by atoms with van der Waals surface area (Å²) in [5, 5.41) is 0.125. The molecule has 1 aromatic heterocycles. The Balaban J connectivity index is 2.24. The summed E-state index contributed by atoms with van der Waals surface area (Å²) in [5.74, 6) is -0.429. The van der Waals surface area contributed by atoms with Crippen LogP contribution in [0.1, 0.15) is 17.3 Å². The number of benzene rings is 1. The quantitative estimate of drug-likeness (QED) is 0.928. The summed E-state index contributed by atoms with van der Waals surface area (Å²) >= 11 is 9.30. The first-order valence-electron chi connectivity index (χ1n) is 5.38. The van der Waals surface area contributed by atoms with Crippen molar-refractivity contribution in [2.45, 2.75) is 12.5 Å². The maximum absolute atomic E-state index is 13.3. The highest BCUT2D eigenvalue weighted by molar-refractivity contribution is 9.10. The van der Waals surface area contributed by atoms with E-state index in [0.29, 0.717) is 12.0 Å². The molecule has 0 spiro atoms. The molecule has 0 bridgehead atoms. The van der Waals surface area contributed by atoms with Gasteiger partial charge in [0, 0.05) is 10.7 Å². The molecule has 0 amide bonds. The Morgan fingerprint density at radius 3 is 2.83 bits per heavy atom. The van der Waals surface area contributed by atoms with Crippen LogP contribution in [0.3, 0.4) is 0 Å². The smallest absolute Gasteiger partial charge is 0.142 e. The Morgan fingerprint density at radius 2 is 2.11 bits per heavy atom. The highest BCUT2D eigenvalue weighted by atomic mass is 79.9. The molecule has 0 aliphatic carbocycles. The average molecular weight is 330 g/mol. The van der Waals surface area contributed by atoms with Gasteiger partial charge in [-0.15, -0.1) is 0 Å². The number of halogens is 3. The Morgan fingerprint density at radius 1 is 1.33 bits per heavy atom. The van der Waals surface area contributed by atoms with Gasteiger partial charge in [0.25, 0.3) is 0 Å². The second-order valence-corrected chi connectivity index (χ2v) is 5.13. The van der Waals surface area contributed by atoms with Crippen LogP contribution in [0, 0.1) is 5.82 Å². The fourth-order valence-corrected chi connectivity index (χ4v) is 2.46. The molecule has 2 N–H and O–H groups in total. The first-order chi connectivity index (χ1) is 8.59. The Labute approximate surface area is 118 Å². The van der Waals surface area contributed by atoms with Crippen molar-refractivity contribution >= 4 is 27.5 Å². The molecule has 1 aromatic carbocycles. The Kier molecular flexibility index (Phi) is 4.32. The standard InChI is InChI=1S/C13H11BrClFN2/c14-9-4-2-6-18-13(9)11(17)7-8-3-1-5-10(16)12(8)15/h1-6,11H,7,17H2. The fourth-order valence-electron chi connectivity index (χ4n) is 1.71. The zero-order chi connectivity index (χ0) is 13.1. The molecule has 0 radical (unpaired) electrons. The lowest BCUT2D eigenvalue weighted by Gasteiger charge is -2.13. The third-order valence-corrected chi connectivity index (χ3v) is 3.70. The number of hydrogen-bond donors (Lipinski definition) is 1. The van der Waals surface area contributed by atoms with Crippen molar-refractivity contribution in [1.29, 1.82) is 0 Å². The number of rotatable bonds is 3. The molecule has 94 valence electrons. The molecule has 1 unspecified atom stereocenters. The van der Waals surface area contributed by atoms with E-state index in [1.807, 2.05) is 12.1 Å². The van der Waals surface area contributed by atoms with E-state index < -0.39 is 5.82 Å². The molecule has 0 fully saturated rings. The summed E-state index contributed by atoms with van der Waals surface area (Å²) in [6, 6.07) is 8.07. The van der Waals surface area contributed by atoms with E-state index in [2.05, 4.69) is 20.9 Å². The Bertz CT molecular complexity index is 562. The van der Waals surface area contributed by atoms with E-state index in [1.54, 1.807) is 18.3 Å². The predicted octanol–water partition coefficient (Wildman–Crippen LogP) is 3.88. The number of pyridine rings is 1. The number of hydrogen-bond acceptors (Lipinski definition) is 2. The topological polar surface area (TPSA) is 38.9 Å². The van der Waals surface area contributed by atoms with Crippen molar-refractivity contribution in [3.8, 4) is 0 Å². The zero-order valence-corrected chi connectivity index (χ0v) is 11.7. The second kappa shape index (κ2) is 5.78. The van der Waals surface area contributed by atoms with Crippen LogP contribution in [0.25, 0.3) is 0 Å². The third-order valence-electron chi connectivity index (χ3n) is 2.61. The molecule has 0 saturated heterocycles. The van der Waals surface area contributed by atoms with Crippen LogP contribution < -0.4 is 5.73 Å². The molecule has 2 aromatic rings. The summed E-state index contributed by atoms with van der Waals surface area (Å²) in [6.07, 6.45) is 2.11. The third kappa shape index (κ3) is 2.88. The van der Waals surface area contributed by atoms with Crippen LogP contribution in [0.5, 0.6) is 0 Å². The maximum atomic E-state index is 13.3. The molecule has 18 heavy (non-hydrogen) atoms. The highest BCUT2D eigenvalue weighted by Gasteiger charge is 2.14. The van der Waals surface area contributed by atoms with Crippen molar-refractivity contribution in [3.63, 3.8) is 0 Å². The lowest BCUT2D eigenvalue weighted by molar-refractivity contribution is 0.621. The van der Waals surface area contributed by atoms with E-state index in [9.17, 15) is 4.39 Å². The van der Waals surface area contributed by atoms with Gasteiger partial charge >= 0.3 is 0 Å². The van der Waals surface area contributed by atoms with Crippen molar-refractivity contribution in [2.75, 3.05) is 0 Å². The average Bonchev–Trinajstić information content (AvgIpc) is 2.35. The van der Waals surface area contributed by atoms with Crippen LogP contribution >= 0.6 is 27.5 Å². The molecule has 1 heterocycles. The van der Waals surface area contributed by atoms with Crippen LogP contribution in [0.15, 0.2) is 41.0 Å². The van der Waals surface area contributed by atoms with Crippen LogP contribution in [-0.2, 0) is 6.42 Å². The highest BCUT2D eigenvalue weighted by Crippen LogP contribution is 2.26. The maximum Gasteiger partial charge on any atom is 0.142 e. The van der Waals surface area contributed by atoms with Gasteiger partial charge < -0.3 is 5.73 Å².